The minimum Gasteiger partial charge on any atom is -0.459 e. The lowest BCUT2D eigenvalue weighted by Crippen LogP contribution is -2.16. The molecule has 0 heterocycles. The number of carbonyl (C=O) groups excluding carboxylic acids is 1. The van der Waals surface area contributed by atoms with Crippen LogP contribution in [0.4, 0.5) is 0 Å². The van der Waals surface area contributed by atoms with Crippen LogP contribution in [-0.4, -0.2) is 12.1 Å². The molecule has 1 aromatic carbocycles. The molecule has 1 rings (SSSR count). The fourth-order valence-electron chi connectivity index (χ4n) is 2.41. The Labute approximate surface area is 133 Å². The van der Waals surface area contributed by atoms with Gasteiger partial charge in [0.1, 0.15) is 0 Å². The normalized spacial score (nSPS) is 13.7. The highest BCUT2D eigenvalue weighted by atomic mass is 35.5. The van der Waals surface area contributed by atoms with Crippen LogP contribution in [0.25, 0.3) is 0 Å². The third-order valence-corrected chi connectivity index (χ3v) is 4.16. The van der Waals surface area contributed by atoms with Crippen LogP contribution in [-0.2, 0) is 4.74 Å². The average molecular weight is 311 g/mol. The van der Waals surface area contributed by atoms with Crippen molar-refractivity contribution in [1.82, 2.24) is 0 Å². The first-order valence-electron chi connectivity index (χ1n) is 8.03. The van der Waals surface area contributed by atoms with Gasteiger partial charge < -0.3 is 4.74 Å². The molecular formula is C18H27ClO2. The van der Waals surface area contributed by atoms with Gasteiger partial charge in [-0.1, -0.05) is 51.1 Å². The van der Waals surface area contributed by atoms with Gasteiger partial charge in [0.15, 0.2) is 0 Å². The number of esters is 1. The van der Waals surface area contributed by atoms with Gasteiger partial charge in [0, 0.05) is 5.02 Å². The van der Waals surface area contributed by atoms with Crippen LogP contribution in [0.1, 0.15) is 69.7 Å². The molecule has 0 aliphatic rings. The minimum absolute atomic E-state index is 0.0381. The molecule has 21 heavy (non-hydrogen) atoms. The Balaban J connectivity index is 2.37. The minimum atomic E-state index is -0.263. The summed E-state index contributed by atoms with van der Waals surface area (Å²) in [5, 5.41) is 0.626. The maximum atomic E-state index is 12.0. The van der Waals surface area contributed by atoms with Crippen LogP contribution < -0.4 is 0 Å². The van der Waals surface area contributed by atoms with Crippen LogP contribution in [0.3, 0.4) is 0 Å². The van der Waals surface area contributed by atoms with E-state index >= 15 is 0 Å². The van der Waals surface area contributed by atoms with Gasteiger partial charge in [-0.15, -0.1) is 0 Å². The van der Waals surface area contributed by atoms with Crippen molar-refractivity contribution >= 4 is 17.6 Å². The van der Waals surface area contributed by atoms with Gasteiger partial charge in [-0.05, 0) is 49.9 Å². The van der Waals surface area contributed by atoms with Crippen molar-refractivity contribution < 1.29 is 9.53 Å². The Morgan fingerprint density at radius 2 is 1.81 bits per heavy atom. The van der Waals surface area contributed by atoms with E-state index in [0.29, 0.717) is 10.6 Å². The monoisotopic (exact) mass is 310 g/mol. The molecule has 0 saturated carbocycles. The lowest BCUT2D eigenvalue weighted by Gasteiger charge is -2.18. The number of halogens is 1. The Bertz CT molecular complexity index is 414. The highest BCUT2D eigenvalue weighted by Crippen LogP contribution is 2.20. The Kier molecular flexibility index (Phi) is 8.44. The van der Waals surface area contributed by atoms with Gasteiger partial charge in [-0.25, -0.2) is 4.79 Å². The van der Waals surface area contributed by atoms with E-state index in [0.717, 1.165) is 18.8 Å². The lowest BCUT2D eigenvalue weighted by molar-refractivity contribution is 0.0310. The van der Waals surface area contributed by atoms with Crippen molar-refractivity contribution in [2.75, 3.05) is 0 Å². The van der Waals surface area contributed by atoms with Crippen LogP contribution in [0, 0.1) is 5.92 Å². The molecule has 0 radical (unpaired) electrons. The standard InChI is InChI=1S/C18H27ClO2/c1-4-6-7-15(5-2)9-8-14(3)21-18(20)16-10-12-17(19)13-11-16/h10-15H,4-9H2,1-3H3/t14-,15-/m0/s1. The number of unbranched alkanes of at least 4 members (excludes halogenated alkanes) is 1. The lowest BCUT2D eigenvalue weighted by atomic mass is 9.93. The highest BCUT2D eigenvalue weighted by Gasteiger charge is 2.14. The molecule has 2 nitrogen and oxygen atoms in total. The second-order valence-electron chi connectivity index (χ2n) is 5.72. The molecular weight excluding hydrogens is 284 g/mol. The largest absolute Gasteiger partial charge is 0.459 e. The molecule has 0 bridgehead atoms. The third-order valence-electron chi connectivity index (χ3n) is 3.91. The molecule has 0 N–H and O–H groups in total. The summed E-state index contributed by atoms with van der Waals surface area (Å²) in [5.41, 5.74) is 0.560. The summed E-state index contributed by atoms with van der Waals surface area (Å²) in [7, 11) is 0. The summed E-state index contributed by atoms with van der Waals surface area (Å²) in [4.78, 5) is 12.0. The van der Waals surface area contributed by atoms with Crippen molar-refractivity contribution in [1.29, 1.82) is 0 Å². The van der Waals surface area contributed by atoms with Gasteiger partial charge >= 0.3 is 5.97 Å². The fraction of sp³-hybridized carbons (Fsp3) is 0.611. The maximum absolute atomic E-state index is 12.0. The van der Waals surface area contributed by atoms with E-state index in [-0.39, 0.29) is 12.1 Å². The summed E-state index contributed by atoms with van der Waals surface area (Å²) in [6.45, 7) is 6.44. The topological polar surface area (TPSA) is 26.3 Å². The summed E-state index contributed by atoms with van der Waals surface area (Å²) >= 11 is 5.81. The molecule has 1 aromatic rings. The number of benzene rings is 1. The van der Waals surface area contributed by atoms with E-state index in [1.807, 2.05) is 6.92 Å². The van der Waals surface area contributed by atoms with Crippen molar-refractivity contribution in [3.63, 3.8) is 0 Å². The van der Waals surface area contributed by atoms with Gasteiger partial charge in [0.05, 0.1) is 11.7 Å². The zero-order chi connectivity index (χ0) is 15.7. The predicted molar refractivity (Wildman–Crippen MR) is 88.9 cm³/mol. The van der Waals surface area contributed by atoms with Crippen molar-refractivity contribution in [3.05, 3.63) is 34.9 Å². The van der Waals surface area contributed by atoms with Crippen LogP contribution in [0.5, 0.6) is 0 Å². The smallest absolute Gasteiger partial charge is 0.338 e. The fourth-order valence-corrected chi connectivity index (χ4v) is 2.54. The number of carbonyl (C=O) groups is 1. The average Bonchev–Trinajstić information content (AvgIpc) is 2.48. The van der Waals surface area contributed by atoms with Gasteiger partial charge in [0.25, 0.3) is 0 Å². The second kappa shape index (κ2) is 9.83. The van der Waals surface area contributed by atoms with Gasteiger partial charge in [0.2, 0.25) is 0 Å². The van der Waals surface area contributed by atoms with E-state index in [1.54, 1.807) is 24.3 Å². The van der Waals surface area contributed by atoms with E-state index < -0.39 is 0 Å². The van der Waals surface area contributed by atoms with Gasteiger partial charge in [-0.2, -0.15) is 0 Å². The zero-order valence-electron chi connectivity index (χ0n) is 13.4. The Hall–Kier alpha value is -1.02. The van der Waals surface area contributed by atoms with E-state index in [1.165, 1.54) is 25.7 Å². The summed E-state index contributed by atoms with van der Waals surface area (Å²) < 4.78 is 5.49. The molecule has 3 heteroatoms. The molecule has 0 saturated heterocycles. The van der Waals surface area contributed by atoms with E-state index in [4.69, 9.17) is 16.3 Å². The molecule has 0 fully saturated rings. The van der Waals surface area contributed by atoms with Crippen LogP contribution >= 0.6 is 11.6 Å². The quantitative estimate of drug-likeness (QED) is 0.532. The molecule has 2 atom stereocenters. The van der Waals surface area contributed by atoms with E-state index in [9.17, 15) is 4.79 Å². The number of ether oxygens (including phenoxy) is 1. The molecule has 0 aromatic heterocycles. The first-order valence-corrected chi connectivity index (χ1v) is 8.41. The van der Waals surface area contributed by atoms with Gasteiger partial charge in [-0.3, -0.25) is 0 Å². The number of hydrogen-bond donors (Lipinski definition) is 0. The third kappa shape index (κ3) is 6.99. The highest BCUT2D eigenvalue weighted by molar-refractivity contribution is 6.30. The first kappa shape index (κ1) is 18.0. The van der Waals surface area contributed by atoms with Crippen LogP contribution in [0.15, 0.2) is 24.3 Å². The van der Waals surface area contributed by atoms with Crippen molar-refractivity contribution in [3.8, 4) is 0 Å². The number of rotatable bonds is 9. The van der Waals surface area contributed by atoms with E-state index in [2.05, 4.69) is 13.8 Å². The van der Waals surface area contributed by atoms with Crippen molar-refractivity contribution in [2.24, 2.45) is 5.92 Å². The van der Waals surface area contributed by atoms with Crippen LogP contribution in [0.2, 0.25) is 5.02 Å². The first-order chi connectivity index (χ1) is 10.1. The predicted octanol–water partition coefficient (Wildman–Crippen LogP) is 5.88. The number of hydrogen-bond acceptors (Lipinski definition) is 2. The zero-order valence-corrected chi connectivity index (χ0v) is 14.2. The Morgan fingerprint density at radius 3 is 2.38 bits per heavy atom. The molecule has 0 unspecified atom stereocenters. The second-order valence-corrected chi connectivity index (χ2v) is 6.15. The molecule has 0 aliphatic heterocycles. The maximum Gasteiger partial charge on any atom is 0.338 e. The molecule has 0 amide bonds. The van der Waals surface area contributed by atoms with Crippen molar-refractivity contribution in [2.45, 2.75) is 65.4 Å². The molecule has 118 valence electrons. The summed E-state index contributed by atoms with van der Waals surface area (Å²) in [6.07, 6.45) is 7.05. The molecule has 0 spiro atoms. The SMILES string of the molecule is CCCC[C@H](CC)CC[C@H](C)OC(=O)c1ccc(Cl)cc1. The molecule has 0 aliphatic carbocycles. The summed E-state index contributed by atoms with van der Waals surface area (Å²) in [6, 6.07) is 6.82. The Morgan fingerprint density at radius 1 is 1.14 bits per heavy atom. The summed E-state index contributed by atoms with van der Waals surface area (Å²) in [5.74, 6) is 0.488.